The molecule has 0 bridgehead atoms. The fourth-order valence-corrected chi connectivity index (χ4v) is 3.10. The van der Waals surface area contributed by atoms with Crippen molar-refractivity contribution in [2.24, 2.45) is 5.92 Å². The summed E-state index contributed by atoms with van der Waals surface area (Å²) in [7, 11) is -1.41. The van der Waals surface area contributed by atoms with Crippen LogP contribution < -0.4 is 0 Å². The number of unbranched alkanes of at least 4 members (excludes halogenated alkanes) is 2. The van der Waals surface area contributed by atoms with Gasteiger partial charge in [-0.05, 0) is 50.9 Å². The van der Waals surface area contributed by atoms with Crippen LogP contribution in [0.1, 0.15) is 45.4 Å². The van der Waals surface area contributed by atoms with Crippen molar-refractivity contribution in [2.45, 2.75) is 65.1 Å². The van der Waals surface area contributed by atoms with E-state index in [-0.39, 0.29) is 0 Å². The van der Waals surface area contributed by atoms with Gasteiger partial charge in [-0.25, -0.2) is 0 Å². The Kier molecular flexibility index (Phi) is 6.04. The summed E-state index contributed by atoms with van der Waals surface area (Å²) in [4.78, 5) is 0. The van der Waals surface area contributed by atoms with Gasteiger partial charge in [0.05, 0.1) is 5.76 Å². The van der Waals surface area contributed by atoms with Crippen molar-refractivity contribution in [2.75, 3.05) is 0 Å². The molecule has 17 heavy (non-hydrogen) atoms. The summed E-state index contributed by atoms with van der Waals surface area (Å²) >= 11 is 0. The Hall–Kier alpha value is -0.503. The fraction of sp³-hybridized carbons (Fsp3) is 0.733. The maximum atomic E-state index is 6.10. The van der Waals surface area contributed by atoms with Crippen molar-refractivity contribution in [3.63, 3.8) is 0 Å². The number of rotatable bonds is 6. The molecule has 0 fully saturated rings. The lowest BCUT2D eigenvalue weighted by molar-refractivity contribution is 0.369. The van der Waals surface area contributed by atoms with Crippen LogP contribution in [0.15, 0.2) is 24.0 Å². The van der Waals surface area contributed by atoms with Crippen LogP contribution in [-0.2, 0) is 4.43 Å². The lowest BCUT2D eigenvalue weighted by Gasteiger charge is -2.26. The highest BCUT2D eigenvalue weighted by molar-refractivity contribution is 6.70. The second-order valence-electron chi connectivity index (χ2n) is 5.97. The highest BCUT2D eigenvalue weighted by atomic mass is 28.4. The Balaban J connectivity index is 2.46. The minimum Gasteiger partial charge on any atom is -0.548 e. The lowest BCUT2D eigenvalue weighted by Crippen LogP contribution is -2.25. The minimum absolute atomic E-state index is 0.618. The zero-order valence-corrected chi connectivity index (χ0v) is 13.0. The fourth-order valence-electron chi connectivity index (χ4n) is 2.14. The quantitative estimate of drug-likeness (QED) is 0.355. The van der Waals surface area contributed by atoms with Gasteiger partial charge in [0.15, 0.2) is 0 Å². The van der Waals surface area contributed by atoms with Crippen LogP contribution in [0.4, 0.5) is 0 Å². The Labute approximate surface area is 108 Å². The van der Waals surface area contributed by atoms with Crippen LogP contribution in [0, 0.1) is 5.92 Å². The van der Waals surface area contributed by atoms with E-state index in [1.54, 1.807) is 0 Å². The van der Waals surface area contributed by atoms with Gasteiger partial charge in [-0.3, -0.25) is 0 Å². The Bertz CT molecular complexity index is 273. The molecule has 1 aliphatic rings. The monoisotopic (exact) mass is 252 g/mol. The zero-order valence-electron chi connectivity index (χ0n) is 12.0. The molecule has 1 nitrogen and oxygen atoms in total. The highest BCUT2D eigenvalue weighted by Crippen LogP contribution is 2.27. The highest BCUT2D eigenvalue weighted by Gasteiger charge is 2.20. The molecule has 0 aromatic carbocycles. The normalized spacial score (nSPS) is 21.6. The van der Waals surface area contributed by atoms with Crippen molar-refractivity contribution in [3.8, 4) is 0 Å². The predicted molar refractivity (Wildman–Crippen MR) is 78.5 cm³/mol. The summed E-state index contributed by atoms with van der Waals surface area (Å²) in [6, 6.07) is 0. The van der Waals surface area contributed by atoms with E-state index in [0.717, 1.165) is 6.42 Å². The standard InChI is InChI=1S/C15H28OSi/c1-5-6-7-8-10-14-11-9-12-15(13-14)16-17(2,3)4/h8,10,13-14H,5-7,9,11-12H2,1-4H3/b10-8+/t14-/m1/s1. The van der Waals surface area contributed by atoms with Gasteiger partial charge in [-0.2, -0.15) is 0 Å². The Morgan fingerprint density at radius 1 is 1.41 bits per heavy atom. The molecule has 1 rings (SSSR count). The summed E-state index contributed by atoms with van der Waals surface area (Å²) in [5.74, 6) is 1.87. The third kappa shape index (κ3) is 6.72. The summed E-state index contributed by atoms with van der Waals surface area (Å²) in [5.41, 5.74) is 0. The molecule has 0 unspecified atom stereocenters. The van der Waals surface area contributed by atoms with E-state index in [1.165, 1.54) is 37.9 Å². The second kappa shape index (κ2) is 7.05. The molecular weight excluding hydrogens is 224 g/mol. The first-order valence-electron chi connectivity index (χ1n) is 7.07. The molecule has 98 valence electrons. The summed E-state index contributed by atoms with van der Waals surface area (Å²) < 4.78 is 6.10. The smallest absolute Gasteiger partial charge is 0.241 e. The van der Waals surface area contributed by atoms with E-state index >= 15 is 0 Å². The minimum atomic E-state index is -1.41. The van der Waals surface area contributed by atoms with Crippen LogP contribution in [0.5, 0.6) is 0 Å². The van der Waals surface area contributed by atoms with Crippen LogP contribution in [0.25, 0.3) is 0 Å². The lowest BCUT2D eigenvalue weighted by atomic mass is 9.94. The van der Waals surface area contributed by atoms with Gasteiger partial charge in [0.25, 0.3) is 0 Å². The van der Waals surface area contributed by atoms with Gasteiger partial charge in [-0.1, -0.05) is 31.9 Å². The van der Waals surface area contributed by atoms with Gasteiger partial charge >= 0.3 is 0 Å². The van der Waals surface area contributed by atoms with Crippen molar-refractivity contribution in [3.05, 3.63) is 24.0 Å². The molecule has 0 aromatic heterocycles. The van der Waals surface area contributed by atoms with Gasteiger partial charge in [0, 0.05) is 6.42 Å². The third-order valence-electron chi connectivity index (χ3n) is 2.91. The largest absolute Gasteiger partial charge is 0.548 e. The zero-order chi connectivity index (χ0) is 12.7. The van der Waals surface area contributed by atoms with Crippen LogP contribution in [0.2, 0.25) is 19.6 Å². The van der Waals surface area contributed by atoms with Gasteiger partial charge in [0.2, 0.25) is 8.32 Å². The van der Waals surface area contributed by atoms with E-state index in [0.29, 0.717) is 5.92 Å². The van der Waals surface area contributed by atoms with Crippen molar-refractivity contribution in [1.82, 2.24) is 0 Å². The maximum absolute atomic E-state index is 6.10. The van der Waals surface area contributed by atoms with Crippen LogP contribution >= 0.6 is 0 Å². The summed E-state index contributed by atoms with van der Waals surface area (Å²) in [5, 5.41) is 0. The summed E-state index contributed by atoms with van der Waals surface area (Å²) in [6.07, 6.45) is 14.6. The average Bonchev–Trinajstić information content (AvgIpc) is 2.23. The molecule has 0 aromatic rings. The van der Waals surface area contributed by atoms with E-state index in [2.05, 4.69) is 44.8 Å². The molecule has 0 aliphatic heterocycles. The third-order valence-corrected chi connectivity index (χ3v) is 3.78. The van der Waals surface area contributed by atoms with Crippen molar-refractivity contribution < 1.29 is 4.43 Å². The van der Waals surface area contributed by atoms with Crippen LogP contribution in [-0.4, -0.2) is 8.32 Å². The van der Waals surface area contributed by atoms with Gasteiger partial charge in [-0.15, -0.1) is 0 Å². The molecule has 0 saturated carbocycles. The molecule has 0 N–H and O–H groups in total. The first-order chi connectivity index (χ1) is 8.01. The molecule has 1 aliphatic carbocycles. The van der Waals surface area contributed by atoms with E-state index in [9.17, 15) is 0 Å². The predicted octanol–water partition coefficient (Wildman–Crippen LogP) is 5.27. The van der Waals surface area contributed by atoms with Gasteiger partial charge < -0.3 is 4.43 Å². The first-order valence-corrected chi connectivity index (χ1v) is 10.5. The first kappa shape index (κ1) is 14.6. The topological polar surface area (TPSA) is 9.23 Å². The molecule has 0 saturated heterocycles. The average molecular weight is 252 g/mol. The molecule has 0 spiro atoms. The number of allylic oxidation sites excluding steroid dienone is 4. The maximum Gasteiger partial charge on any atom is 0.241 e. The molecule has 0 radical (unpaired) electrons. The Morgan fingerprint density at radius 3 is 2.82 bits per heavy atom. The summed E-state index contributed by atoms with van der Waals surface area (Å²) in [6.45, 7) is 9.02. The van der Waals surface area contributed by atoms with E-state index < -0.39 is 8.32 Å². The molecule has 0 amide bonds. The van der Waals surface area contributed by atoms with Crippen molar-refractivity contribution >= 4 is 8.32 Å². The van der Waals surface area contributed by atoms with Gasteiger partial charge in [0.1, 0.15) is 0 Å². The molecule has 0 heterocycles. The number of hydrogen-bond acceptors (Lipinski definition) is 1. The second-order valence-corrected chi connectivity index (χ2v) is 10.4. The molecule has 1 atom stereocenters. The van der Waals surface area contributed by atoms with E-state index in [4.69, 9.17) is 4.43 Å². The molecular formula is C15H28OSi. The van der Waals surface area contributed by atoms with Crippen LogP contribution in [0.3, 0.4) is 0 Å². The Morgan fingerprint density at radius 2 is 2.18 bits per heavy atom. The van der Waals surface area contributed by atoms with E-state index in [1.807, 2.05) is 0 Å². The molecule has 2 heteroatoms. The number of hydrogen-bond donors (Lipinski definition) is 0. The van der Waals surface area contributed by atoms with Crippen molar-refractivity contribution in [1.29, 1.82) is 0 Å². The SMILES string of the molecule is CCCC/C=C/[C@H]1C=C(O[Si](C)(C)C)CCC1.